The predicted molar refractivity (Wildman–Crippen MR) is 117 cm³/mol. The van der Waals surface area contributed by atoms with Crippen LogP contribution in [0.3, 0.4) is 0 Å². The van der Waals surface area contributed by atoms with E-state index in [1.165, 1.54) is 13.0 Å². The Labute approximate surface area is 203 Å². The van der Waals surface area contributed by atoms with Gasteiger partial charge in [0.05, 0.1) is 6.61 Å². The number of carbonyl (C=O) groups excluding carboxylic acids is 3. The average Bonchev–Trinajstić information content (AvgIpc) is 3.08. The third-order valence-corrected chi connectivity index (χ3v) is 9.99. The fraction of sp³-hybridized carbons (Fsp3) is 0.800. The van der Waals surface area contributed by atoms with Gasteiger partial charge in [-0.2, -0.15) is 0 Å². The van der Waals surface area contributed by atoms with E-state index in [0.29, 0.717) is 5.57 Å². The lowest BCUT2D eigenvalue weighted by Crippen LogP contribution is -2.78. The molecule has 12 atom stereocenters. The highest BCUT2D eigenvalue weighted by atomic mass is 16.7. The first kappa shape index (κ1) is 24.8. The van der Waals surface area contributed by atoms with Crippen molar-refractivity contribution in [1.29, 1.82) is 0 Å². The van der Waals surface area contributed by atoms with Gasteiger partial charge in [-0.3, -0.25) is 4.79 Å². The van der Waals surface area contributed by atoms with E-state index in [9.17, 15) is 34.8 Å². The predicted octanol–water partition coefficient (Wildman–Crippen LogP) is -0.151. The number of esters is 2. The fourth-order valence-corrected chi connectivity index (χ4v) is 8.12. The van der Waals surface area contributed by atoms with Gasteiger partial charge in [0, 0.05) is 22.7 Å². The number of hydrogen-bond donors (Lipinski definition) is 4. The van der Waals surface area contributed by atoms with Gasteiger partial charge >= 0.3 is 11.9 Å². The second kappa shape index (κ2) is 7.35. The van der Waals surface area contributed by atoms with Gasteiger partial charge < -0.3 is 34.6 Å². The number of carbonyl (C=O) groups is 3. The van der Waals surface area contributed by atoms with E-state index < -0.39 is 88.0 Å². The Bertz CT molecular complexity index is 1020. The van der Waals surface area contributed by atoms with Crippen LogP contribution in [0, 0.1) is 34.5 Å². The summed E-state index contributed by atoms with van der Waals surface area (Å²) in [5, 5.41) is 44.8. The molecule has 4 N–H and O–H groups in total. The number of rotatable bonds is 3. The van der Waals surface area contributed by atoms with Crippen molar-refractivity contribution in [3.63, 3.8) is 0 Å². The zero-order chi connectivity index (χ0) is 25.9. The first-order valence-electron chi connectivity index (χ1n) is 12.3. The van der Waals surface area contributed by atoms with E-state index in [1.807, 2.05) is 0 Å². The standard InChI is InChI=1S/C25H34O10/c1-6-22(4,31)21(30)35-16-15-11(3)17(27)25(32)20-23(5)12(10(2)7-13(26)18(23)28)8-14(34-19(16)29)24(15,20)9-33-25/h7,11-12,14-18,20,27-28,31-32H,6,8-9H2,1-5H3/t11-,12+,14-,15?,16-,17-,18-,20-,22+,23-,24+,25?/m1/s1. The molecule has 2 unspecified atom stereocenters. The smallest absolute Gasteiger partial charge is 0.348 e. The highest BCUT2D eigenvalue weighted by Gasteiger charge is 2.83. The summed E-state index contributed by atoms with van der Waals surface area (Å²) >= 11 is 0. The summed E-state index contributed by atoms with van der Waals surface area (Å²) in [6.45, 7) is 7.88. The van der Waals surface area contributed by atoms with Crippen LogP contribution in [0.25, 0.3) is 0 Å². The summed E-state index contributed by atoms with van der Waals surface area (Å²) in [5.41, 5.74) is -3.54. The van der Waals surface area contributed by atoms with Crippen LogP contribution in [0.5, 0.6) is 0 Å². The summed E-state index contributed by atoms with van der Waals surface area (Å²) in [6, 6.07) is 0. The molecule has 2 bridgehead atoms. The van der Waals surface area contributed by atoms with E-state index in [-0.39, 0.29) is 19.4 Å². The van der Waals surface area contributed by atoms with Crippen LogP contribution in [0.2, 0.25) is 0 Å². The van der Waals surface area contributed by atoms with Crippen molar-refractivity contribution in [2.45, 2.75) is 83.3 Å². The van der Waals surface area contributed by atoms with Gasteiger partial charge in [-0.05, 0) is 44.6 Å². The maximum Gasteiger partial charge on any atom is 0.348 e. The molecule has 4 fully saturated rings. The maximum atomic E-state index is 13.3. The molecule has 2 saturated heterocycles. The highest BCUT2D eigenvalue weighted by Crippen LogP contribution is 2.73. The normalized spacial score (nSPS) is 52.0. The average molecular weight is 495 g/mol. The van der Waals surface area contributed by atoms with Crippen LogP contribution in [0.1, 0.15) is 47.5 Å². The molecule has 1 spiro atoms. The van der Waals surface area contributed by atoms with Gasteiger partial charge in [0.2, 0.25) is 6.10 Å². The molecule has 0 aromatic rings. The number of aliphatic hydroxyl groups excluding tert-OH is 2. The minimum absolute atomic E-state index is 0.0510. The lowest BCUT2D eigenvalue weighted by atomic mass is 9.38. The van der Waals surface area contributed by atoms with Crippen LogP contribution in [0.4, 0.5) is 0 Å². The first-order valence-corrected chi connectivity index (χ1v) is 12.3. The molecule has 10 heteroatoms. The molecule has 35 heavy (non-hydrogen) atoms. The Balaban J connectivity index is 1.69. The number of ketones is 1. The van der Waals surface area contributed by atoms with Crippen molar-refractivity contribution in [3.8, 4) is 0 Å². The Morgan fingerprint density at radius 3 is 2.60 bits per heavy atom. The van der Waals surface area contributed by atoms with E-state index in [2.05, 4.69) is 0 Å². The van der Waals surface area contributed by atoms with Gasteiger partial charge in [-0.1, -0.05) is 26.3 Å². The molecule has 3 aliphatic carbocycles. The molecule has 5 aliphatic rings. The fourth-order valence-electron chi connectivity index (χ4n) is 8.12. The summed E-state index contributed by atoms with van der Waals surface area (Å²) in [6.07, 6.45) is -3.51. The zero-order valence-electron chi connectivity index (χ0n) is 20.6. The van der Waals surface area contributed by atoms with Gasteiger partial charge in [-0.15, -0.1) is 0 Å². The van der Waals surface area contributed by atoms with E-state index in [4.69, 9.17) is 14.2 Å². The van der Waals surface area contributed by atoms with E-state index in [0.717, 1.165) is 0 Å². The lowest BCUT2D eigenvalue weighted by molar-refractivity contribution is -0.340. The minimum atomic E-state index is -2.12. The van der Waals surface area contributed by atoms with Crippen molar-refractivity contribution >= 4 is 17.7 Å². The van der Waals surface area contributed by atoms with Crippen molar-refractivity contribution in [3.05, 3.63) is 11.6 Å². The number of fused-ring (bicyclic) bond motifs is 1. The van der Waals surface area contributed by atoms with Gasteiger partial charge in [0.15, 0.2) is 17.2 Å². The van der Waals surface area contributed by atoms with Gasteiger partial charge in [-0.25, -0.2) is 9.59 Å². The number of ether oxygens (including phenoxy) is 3. The van der Waals surface area contributed by atoms with Crippen molar-refractivity contribution in [1.82, 2.24) is 0 Å². The van der Waals surface area contributed by atoms with Crippen molar-refractivity contribution in [2.24, 2.45) is 34.5 Å². The molecular formula is C25H34O10. The van der Waals surface area contributed by atoms with Gasteiger partial charge in [0.25, 0.3) is 0 Å². The third kappa shape index (κ3) is 2.80. The van der Waals surface area contributed by atoms with Gasteiger partial charge in [0.1, 0.15) is 18.3 Å². The molecule has 2 heterocycles. The van der Waals surface area contributed by atoms with E-state index >= 15 is 0 Å². The molecule has 2 aliphatic heterocycles. The van der Waals surface area contributed by atoms with Crippen LogP contribution in [0.15, 0.2) is 11.6 Å². The molecule has 2 saturated carbocycles. The molecule has 194 valence electrons. The maximum absolute atomic E-state index is 13.3. The summed E-state index contributed by atoms with van der Waals surface area (Å²) in [7, 11) is 0. The topological polar surface area (TPSA) is 160 Å². The van der Waals surface area contributed by atoms with Crippen LogP contribution >= 0.6 is 0 Å². The molecule has 0 radical (unpaired) electrons. The summed E-state index contributed by atoms with van der Waals surface area (Å²) in [5.74, 6) is -7.47. The quantitative estimate of drug-likeness (QED) is 0.389. The van der Waals surface area contributed by atoms with Crippen molar-refractivity contribution < 1.29 is 49.0 Å². The largest absolute Gasteiger partial charge is 0.459 e. The highest BCUT2D eigenvalue weighted by molar-refractivity contribution is 5.96. The summed E-state index contributed by atoms with van der Waals surface area (Å²) < 4.78 is 17.4. The van der Waals surface area contributed by atoms with Crippen LogP contribution < -0.4 is 0 Å². The lowest BCUT2D eigenvalue weighted by Gasteiger charge is -2.68. The number of allylic oxidation sites excluding steroid dienone is 1. The molecule has 0 aromatic carbocycles. The van der Waals surface area contributed by atoms with Crippen LogP contribution in [-0.4, -0.2) is 80.6 Å². The molecule has 0 amide bonds. The molecule has 0 aromatic heterocycles. The van der Waals surface area contributed by atoms with Crippen LogP contribution in [-0.2, 0) is 28.6 Å². The zero-order valence-corrected chi connectivity index (χ0v) is 20.6. The monoisotopic (exact) mass is 494 g/mol. The Kier molecular flexibility index (Phi) is 5.21. The molecule has 10 nitrogen and oxygen atoms in total. The number of hydrogen-bond acceptors (Lipinski definition) is 10. The Morgan fingerprint density at radius 2 is 1.97 bits per heavy atom. The minimum Gasteiger partial charge on any atom is -0.459 e. The third-order valence-electron chi connectivity index (χ3n) is 9.99. The summed E-state index contributed by atoms with van der Waals surface area (Å²) in [4.78, 5) is 38.8. The van der Waals surface area contributed by atoms with Crippen molar-refractivity contribution in [2.75, 3.05) is 6.61 Å². The number of aliphatic hydroxyl groups is 4. The second-order valence-corrected chi connectivity index (χ2v) is 11.6. The molecule has 5 rings (SSSR count). The molecular weight excluding hydrogens is 460 g/mol. The van der Waals surface area contributed by atoms with E-state index in [1.54, 1.807) is 27.7 Å². The SMILES string of the molecule is CC[C@](C)(O)C(=O)O[C@H]1C(=O)O[C@@H]2C[C@H]3C(C)=CC(=O)[C@@H](O)[C@]3(C)[C@H]3C4(O)OC[C@@]23C1[C@@H](C)[C@H]4O. The second-order valence-electron chi connectivity index (χ2n) is 11.6. The first-order chi connectivity index (χ1) is 16.2. The Morgan fingerprint density at radius 1 is 1.31 bits per heavy atom. The Hall–Kier alpha value is -1.85.